The van der Waals surface area contributed by atoms with Crippen molar-refractivity contribution in [2.24, 2.45) is 0 Å². The molecule has 9 heteroatoms. The van der Waals surface area contributed by atoms with E-state index in [1.54, 1.807) is 0 Å². The van der Waals surface area contributed by atoms with Gasteiger partial charge in [-0.25, -0.2) is 0 Å². The molecule has 3 aliphatic rings. The molecule has 0 saturated heterocycles. The van der Waals surface area contributed by atoms with Crippen LogP contribution in [0.3, 0.4) is 0 Å². The fourth-order valence-electron chi connectivity index (χ4n) is 5.30. The Bertz CT molecular complexity index is 1240. The second kappa shape index (κ2) is 9.34. The molecule has 0 saturated carbocycles. The standard InChI is InChI=1S/C14H16.2C7H5F3O.Zr/c1-11-5-3-7-13(11)9-10-14-8-4-6-12(14)2;2*8-7(9,10)5-1-3-6(11)4-2-5;/h5-6H,3-4,9-10H2,1-2H3;2*1-4,11H;/q;;;+2/p-2. The van der Waals surface area contributed by atoms with E-state index in [-0.39, 0.29) is 11.5 Å². The Morgan fingerprint density at radius 3 is 1.27 bits per heavy atom. The van der Waals surface area contributed by atoms with Crippen LogP contribution >= 0.6 is 0 Å². The van der Waals surface area contributed by atoms with Gasteiger partial charge in [-0.1, -0.05) is 0 Å². The summed E-state index contributed by atoms with van der Waals surface area (Å²) in [6.45, 7) is 4.04. The van der Waals surface area contributed by atoms with Gasteiger partial charge in [0.1, 0.15) is 0 Å². The van der Waals surface area contributed by atoms with E-state index < -0.39 is 44.6 Å². The van der Waals surface area contributed by atoms with E-state index in [2.05, 4.69) is 12.2 Å². The summed E-state index contributed by atoms with van der Waals surface area (Å²) in [6, 6.07) is 9.10. The predicted molar refractivity (Wildman–Crippen MR) is 124 cm³/mol. The number of rotatable bonds is 4. The summed E-state index contributed by atoms with van der Waals surface area (Å²) in [4.78, 5) is 0. The Kier molecular flexibility index (Phi) is 6.58. The van der Waals surface area contributed by atoms with Crippen LogP contribution in [0.5, 0.6) is 11.5 Å². The van der Waals surface area contributed by atoms with Crippen LogP contribution in [0.25, 0.3) is 0 Å². The van der Waals surface area contributed by atoms with Gasteiger partial charge in [-0.2, -0.15) is 0 Å². The van der Waals surface area contributed by atoms with Crippen LogP contribution in [0.2, 0.25) is 0 Å². The van der Waals surface area contributed by atoms with Crippen LogP contribution in [-0.2, 0) is 33.5 Å². The zero-order valence-electron chi connectivity index (χ0n) is 20.2. The van der Waals surface area contributed by atoms with Crippen LogP contribution < -0.4 is 5.63 Å². The molecule has 5 rings (SSSR count). The Balaban J connectivity index is 1.64. The number of halogens is 6. The van der Waals surface area contributed by atoms with Gasteiger partial charge < -0.3 is 0 Å². The van der Waals surface area contributed by atoms with Crippen LogP contribution in [0.4, 0.5) is 26.3 Å². The molecular weight excluding hydrogens is 574 g/mol. The SMILES string of the molecule is CC1=CC[C]2=C1CCC1=[C](CC=C1C)[Zr]2([O]c1ccc(C(F)(F)F)cc1)[O]c1ccc(C(F)(F)F)cc1. The summed E-state index contributed by atoms with van der Waals surface area (Å²) >= 11 is -4.65. The molecule has 2 aromatic carbocycles. The molecule has 2 nitrogen and oxygen atoms in total. The molecule has 0 unspecified atom stereocenters. The van der Waals surface area contributed by atoms with Crippen molar-refractivity contribution in [1.29, 1.82) is 0 Å². The van der Waals surface area contributed by atoms with Crippen molar-refractivity contribution in [2.75, 3.05) is 0 Å². The van der Waals surface area contributed by atoms with Crippen molar-refractivity contribution in [2.45, 2.75) is 51.9 Å². The van der Waals surface area contributed by atoms with Crippen molar-refractivity contribution in [3.8, 4) is 11.5 Å². The number of hydrogen-bond donors (Lipinski definition) is 0. The molecule has 0 N–H and O–H groups in total. The first-order valence-corrected chi connectivity index (χ1v) is 16.4. The summed E-state index contributed by atoms with van der Waals surface area (Å²) in [5.41, 5.74) is 2.93. The predicted octanol–water partition coefficient (Wildman–Crippen LogP) is 9.17. The van der Waals surface area contributed by atoms with Gasteiger partial charge >= 0.3 is 217 Å². The Hall–Kier alpha value is -2.54. The zero-order chi connectivity index (χ0) is 26.6. The molecule has 37 heavy (non-hydrogen) atoms. The summed E-state index contributed by atoms with van der Waals surface area (Å²) in [5.74, 6) is 0.510. The third-order valence-corrected chi connectivity index (χ3v) is 16.2. The first-order valence-electron chi connectivity index (χ1n) is 11.9. The van der Waals surface area contributed by atoms with Crippen molar-refractivity contribution in [3.05, 3.63) is 101 Å². The molecule has 0 spiro atoms. The van der Waals surface area contributed by atoms with Gasteiger partial charge in [-0.15, -0.1) is 0 Å². The zero-order valence-corrected chi connectivity index (χ0v) is 22.6. The van der Waals surface area contributed by atoms with E-state index in [9.17, 15) is 26.3 Å². The maximum absolute atomic E-state index is 13.2. The molecule has 194 valence electrons. The Morgan fingerprint density at radius 1 is 0.595 bits per heavy atom. The second-order valence-corrected chi connectivity index (χ2v) is 16.5. The number of benzene rings is 2. The molecule has 1 heterocycles. The van der Waals surface area contributed by atoms with Crippen LogP contribution in [0.15, 0.2) is 89.5 Å². The van der Waals surface area contributed by atoms with E-state index in [1.807, 2.05) is 13.8 Å². The topological polar surface area (TPSA) is 18.5 Å². The third-order valence-electron chi connectivity index (χ3n) is 7.21. The summed E-state index contributed by atoms with van der Waals surface area (Å²) in [7, 11) is 0. The van der Waals surface area contributed by atoms with Gasteiger partial charge in [-0.3, -0.25) is 0 Å². The van der Waals surface area contributed by atoms with Gasteiger partial charge in [0.15, 0.2) is 0 Å². The fraction of sp³-hybridized carbons (Fsp3) is 0.286. The van der Waals surface area contributed by atoms with Gasteiger partial charge in [0.2, 0.25) is 0 Å². The summed E-state index contributed by atoms with van der Waals surface area (Å²) in [5, 5.41) is 0. The summed E-state index contributed by atoms with van der Waals surface area (Å²) < 4.78 is 94.7. The molecule has 2 aromatic rings. The van der Waals surface area contributed by atoms with Crippen molar-refractivity contribution >= 4 is 0 Å². The van der Waals surface area contributed by atoms with Crippen LogP contribution in [0.1, 0.15) is 50.7 Å². The average Bonchev–Trinajstić information content (AvgIpc) is 3.35. The maximum atomic E-state index is 13.2. The minimum absolute atomic E-state index is 0.255. The molecular formula is C28H24F6O2Zr. The van der Waals surface area contributed by atoms with Gasteiger partial charge in [-0.05, 0) is 0 Å². The fourth-order valence-corrected chi connectivity index (χ4v) is 15.2. The van der Waals surface area contributed by atoms with E-state index in [0.717, 1.165) is 66.0 Å². The average molecular weight is 598 g/mol. The van der Waals surface area contributed by atoms with Crippen molar-refractivity contribution < 1.29 is 53.1 Å². The van der Waals surface area contributed by atoms with Crippen LogP contribution in [0, 0.1) is 0 Å². The molecule has 0 atom stereocenters. The number of allylic oxidation sites excluding steroid dienone is 8. The van der Waals surface area contributed by atoms with E-state index in [4.69, 9.17) is 5.63 Å². The monoisotopic (exact) mass is 596 g/mol. The van der Waals surface area contributed by atoms with E-state index in [1.165, 1.54) is 24.3 Å². The van der Waals surface area contributed by atoms with Crippen molar-refractivity contribution in [3.63, 3.8) is 0 Å². The van der Waals surface area contributed by atoms with E-state index >= 15 is 0 Å². The third kappa shape index (κ3) is 4.87. The molecule has 0 amide bonds. The second-order valence-electron chi connectivity index (χ2n) is 9.46. The number of alkyl halides is 6. The van der Waals surface area contributed by atoms with Crippen molar-refractivity contribution in [1.82, 2.24) is 0 Å². The van der Waals surface area contributed by atoms with Gasteiger partial charge in [0.25, 0.3) is 0 Å². The molecule has 0 bridgehead atoms. The minimum atomic E-state index is -4.65. The normalized spacial score (nSPS) is 19.2. The molecule has 0 fully saturated rings. The van der Waals surface area contributed by atoms with Gasteiger partial charge in [0, 0.05) is 0 Å². The number of hydrogen-bond acceptors (Lipinski definition) is 2. The van der Waals surface area contributed by atoms with Gasteiger partial charge in [0.05, 0.1) is 0 Å². The quantitative estimate of drug-likeness (QED) is 0.327. The van der Waals surface area contributed by atoms with E-state index in [0.29, 0.717) is 12.8 Å². The molecule has 2 aliphatic carbocycles. The first-order chi connectivity index (χ1) is 17.4. The molecule has 0 radical (unpaired) electrons. The summed E-state index contributed by atoms with van der Waals surface area (Å²) in [6.07, 6.45) is -2.01. The van der Waals surface area contributed by atoms with Crippen LogP contribution in [-0.4, -0.2) is 0 Å². The Morgan fingerprint density at radius 2 is 0.946 bits per heavy atom. The first kappa shape index (κ1) is 26.1. The Labute approximate surface area is 216 Å². The molecule has 0 aromatic heterocycles. The molecule has 1 aliphatic heterocycles.